The highest BCUT2D eigenvalue weighted by molar-refractivity contribution is 6.09. The van der Waals surface area contributed by atoms with E-state index in [1.54, 1.807) is 42.5 Å². The van der Waals surface area contributed by atoms with Crippen LogP contribution in [-0.4, -0.2) is 38.0 Å². The molecule has 31 heavy (non-hydrogen) atoms. The lowest BCUT2D eigenvalue weighted by Gasteiger charge is -2.14. The molecular formula is C23H29N3O5. The summed E-state index contributed by atoms with van der Waals surface area (Å²) >= 11 is 0. The highest BCUT2D eigenvalue weighted by Gasteiger charge is 2.16. The monoisotopic (exact) mass is 427 g/mol. The number of carbonyl (C=O) groups is 3. The fourth-order valence-electron chi connectivity index (χ4n) is 2.71. The Morgan fingerprint density at radius 3 is 2.45 bits per heavy atom. The topological polar surface area (TPSA) is 120 Å². The summed E-state index contributed by atoms with van der Waals surface area (Å²) < 4.78 is 11.1. The van der Waals surface area contributed by atoms with E-state index in [4.69, 9.17) is 15.2 Å². The first-order valence-electron chi connectivity index (χ1n) is 10.1. The lowest BCUT2D eigenvalue weighted by molar-refractivity contribution is -0.117. The minimum absolute atomic E-state index is 0.0334. The van der Waals surface area contributed by atoms with Crippen LogP contribution in [0, 0.1) is 5.92 Å². The molecular weight excluding hydrogens is 398 g/mol. The van der Waals surface area contributed by atoms with Crippen LogP contribution in [0.4, 0.5) is 5.69 Å². The number of nitrogens with one attached hydrogen (secondary N) is 2. The van der Waals surface area contributed by atoms with Crippen LogP contribution >= 0.6 is 0 Å². The normalized spacial score (nSPS) is 10.5. The molecule has 2 rings (SSSR count). The van der Waals surface area contributed by atoms with Crippen molar-refractivity contribution in [1.29, 1.82) is 0 Å². The summed E-state index contributed by atoms with van der Waals surface area (Å²) in [4.78, 5) is 36.0. The lowest BCUT2D eigenvalue weighted by atomic mass is 10.1. The summed E-state index contributed by atoms with van der Waals surface area (Å²) in [5, 5.41) is 5.36. The molecule has 0 saturated carbocycles. The minimum Gasteiger partial charge on any atom is -0.493 e. The molecule has 0 aliphatic rings. The summed E-state index contributed by atoms with van der Waals surface area (Å²) in [6.07, 6.45) is 0.940. The van der Waals surface area contributed by atoms with Crippen molar-refractivity contribution in [1.82, 2.24) is 5.32 Å². The van der Waals surface area contributed by atoms with Gasteiger partial charge in [0, 0.05) is 18.5 Å². The maximum atomic E-state index is 12.8. The maximum Gasteiger partial charge on any atom is 0.255 e. The third-order valence-corrected chi connectivity index (χ3v) is 4.46. The highest BCUT2D eigenvalue weighted by Crippen LogP contribution is 2.29. The van der Waals surface area contributed by atoms with Crippen molar-refractivity contribution < 1.29 is 23.9 Å². The third kappa shape index (κ3) is 7.33. The molecule has 0 aliphatic heterocycles. The number of hydrogen-bond donors (Lipinski definition) is 3. The van der Waals surface area contributed by atoms with Gasteiger partial charge in [-0.05, 0) is 42.7 Å². The fraction of sp³-hybridized carbons (Fsp3) is 0.348. The van der Waals surface area contributed by atoms with E-state index in [1.165, 1.54) is 7.11 Å². The largest absolute Gasteiger partial charge is 0.493 e. The molecule has 3 amide bonds. The number of anilines is 1. The van der Waals surface area contributed by atoms with Crippen LogP contribution in [0.2, 0.25) is 0 Å². The number of methoxy groups -OCH3 is 1. The van der Waals surface area contributed by atoms with E-state index in [9.17, 15) is 14.4 Å². The number of carbonyl (C=O) groups excluding carboxylic acids is 3. The predicted octanol–water partition coefficient (Wildman–Crippen LogP) is 2.98. The van der Waals surface area contributed by atoms with Gasteiger partial charge in [0.05, 0.1) is 25.0 Å². The van der Waals surface area contributed by atoms with Crippen LogP contribution in [0.5, 0.6) is 11.5 Å². The molecule has 0 saturated heterocycles. The molecule has 0 radical (unpaired) electrons. The molecule has 2 aromatic carbocycles. The van der Waals surface area contributed by atoms with E-state index in [0.717, 1.165) is 6.42 Å². The van der Waals surface area contributed by atoms with Gasteiger partial charge in [0.15, 0.2) is 11.5 Å². The average Bonchev–Trinajstić information content (AvgIpc) is 2.73. The van der Waals surface area contributed by atoms with Crippen LogP contribution in [0.3, 0.4) is 0 Å². The van der Waals surface area contributed by atoms with Gasteiger partial charge in [-0.15, -0.1) is 0 Å². The zero-order valence-corrected chi connectivity index (χ0v) is 18.1. The molecule has 4 N–H and O–H groups in total. The summed E-state index contributed by atoms with van der Waals surface area (Å²) in [7, 11) is 1.51. The van der Waals surface area contributed by atoms with Gasteiger partial charge in [-0.1, -0.05) is 26.0 Å². The summed E-state index contributed by atoms with van der Waals surface area (Å²) in [6, 6.07) is 11.5. The summed E-state index contributed by atoms with van der Waals surface area (Å²) in [5.74, 6) is 0.215. The van der Waals surface area contributed by atoms with Crippen molar-refractivity contribution in [2.45, 2.75) is 26.7 Å². The Balaban J connectivity index is 2.11. The molecule has 166 valence electrons. The van der Waals surface area contributed by atoms with Gasteiger partial charge in [0.1, 0.15) is 0 Å². The zero-order valence-electron chi connectivity index (χ0n) is 18.1. The first-order valence-corrected chi connectivity index (χ1v) is 10.1. The van der Waals surface area contributed by atoms with Crippen LogP contribution in [0.1, 0.15) is 47.4 Å². The Labute approximate surface area is 182 Å². The van der Waals surface area contributed by atoms with Gasteiger partial charge in [0.2, 0.25) is 5.91 Å². The molecule has 0 atom stereocenters. The Morgan fingerprint density at radius 1 is 1.03 bits per heavy atom. The van der Waals surface area contributed by atoms with E-state index >= 15 is 0 Å². The summed E-state index contributed by atoms with van der Waals surface area (Å²) in [5.41, 5.74) is 6.07. The van der Waals surface area contributed by atoms with Gasteiger partial charge in [-0.3, -0.25) is 14.4 Å². The number of benzene rings is 2. The first-order chi connectivity index (χ1) is 14.8. The molecule has 0 heterocycles. The number of rotatable bonds is 11. The predicted molar refractivity (Wildman–Crippen MR) is 118 cm³/mol. The fourth-order valence-corrected chi connectivity index (χ4v) is 2.71. The molecule has 8 nitrogen and oxygen atoms in total. The minimum atomic E-state index is -0.507. The number of primary amides is 1. The second-order valence-corrected chi connectivity index (χ2v) is 7.37. The number of para-hydroxylation sites is 1. The van der Waals surface area contributed by atoms with Gasteiger partial charge in [-0.25, -0.2) is 0 Å². The third-order valence-electron chi connectivity index (χ3n) is 4.46. The number of nitrogens with two attached hydrogens (primary N) is 1. The van der Waals surface area contributed by atoms with Crippen LogP contribution in [0.25, 0.3) is 0 Å². The van der Waals surface area contributed by atoms with Crippen molar-refractivity contribution in [3.63, 3.8) is 0 Å². The number of hydrogen-bond acceptors (Lipinski definition) is 5. The van der Waals surface area contributed by atoms with Gasteiger partial charge in [0.25, 0.3) is 11.8 Å². The Bertz CT molecular complexity index is 927. The van der Waals surface area contributed by atoms with Crippen molar-refractivity contribution >= 4 is 23.4 Å². The van der Waals surface area contributed by atoms with Gasteiger partial charge >= 0.3 is 0 Å². The second kappa shape index (κ2) is 11.6. The molecule has 0 fully saturated rings. The van der Waals surface area contributed by atoms with Crippen molar-refractivity contribution in [2.24, 2.45) is 11.7 Å². The van der Waals surface area contributed by atoms with Crippen LogP contribution in [-0.2, 0) is 4.79 Å². The Kier molecular flexibility index (Phi) is 8.87. The van der Waals surface area contributed by atoms with Crippen molar-refractivity contribution in [3.05, 3.63) is 53.6 Å². The molecule has 8 heteroatoms. The average molecular weight is 428 g/mol. The van der Waals surface area contributed by atoms with E-state index in [0.29, 0.717) is 35.3 Å². The van der Waals surface area contributed by atoms with E-state index in [-0.39, 0.29) is 18.5 Å². The smallest absolute Gasteiger partial charge is 0.255 e. The quantitative estimate of drug-likeness (QED) is 0.509. The van der Waals surface area contributed by atoms with Crippen molar-refractivity contribution in [2.75, 3.05) is 25.6 Å². The highest BCUT2D eigenvalue weighted by atomic mass is 16.5. The SMILES string of the molecule is COc1cc(C(=O)Nc2ccccc2C(=O)NCCC(N)=O)ccc1OCCC(C)C. The maximum absolute atomic E-state index is 12.8. The van der Waals surface area contributed by atoms with E-state index < -0.39 is 17.7 Å². The molecule has 0 spiro atoms. The standard InChI is InChI=1S/C23H29N3O5/c1-15(2)11-13-31-19-9-8-16(14-20(19)30-3)22(28)26-18-7-5-4-6-17(18)23(29)25-12-10-21(24)27/h4-9,14-15H,10-13H2,1-3H3,(H2,24,27)(H,25,29)(H,26,28). The molecule has 0 aliphatic carbocycles. The number of amides is 3. The van der Waals surface area contributed by atoms with Crippen LogP contribution < -0.4 is 25.8 Å². The first kappa shape index (κ1) is 23.7. The van der Waals surface area contributed by atoms with E-state index in [1.807, 2.05) is 0 Å². The molecule has 0 bridgehead atoms. The Morgan fingerprint density at radius 2 is 1.77 bits per heavy atom. The summed E-state index contributed by atoms with van der Waals surface area (Å²) in [6.45, 7) is 4.90. The second-order valence-electron chi connectivity index (χ2n) is 7.37. The zero-order chi connectivity index (χ0) is 22.8. The number of ether oxygens (including phenoxy) is 2. The van der Waals surface area contributed by atoms with Crippen molar-refractivity contribution in [3.8, 4) is 11.5 Å². The van der Waals surface area contributed by atoms with E-state index in [2.05, 4.69) is 24.5 Å². The van der Waals surface area contributed by atoms with Crippen LogP contribution in [0.15, 0.2) is 42.5 Å². The molecule has 0 unspecified atom stereocenters. The van der Waals surface area contributed by atoms with Gasteiger partial charge in [-0.2, -0.15) is 0 Å². The molecule has 0 aromatic heterocycles. The Hall–Kier alpha value is -3.55. The molecule has 2 aromatic rings. The van der Waals surface area contributed by atoms with Gasteiger partial charge < -0.3 is 25.8 Å². The lowest BCUT2D eigenvalue weighted by Crippen LogP contribution is -2.28.